The summed E-state index contributed by atoms with van der Waals surface area (Å²) in [5, 5.41) is 5.65. The van der Waals surface area contributed by atoms with E-state index in [1.54, 1.807) is 32.6 Å². The van der Waals surface area contributed by atoms with Gasteiger partial charge in [0.15, 0.2) is 0 Å². The van der Waals surface area contributed by atoms with Crippen molar-refractivity contribution in [1.82, 2.24) is 15.5 Å². The van der Waals surface area contributed by atoms with Gasteiger partial charge in [0, 0.05) is 12.1 Å². The maximum Gasteiger partial charge on any atom is 0.408 e. The first-order valence-electron chi connectivity index (χ1n) is 11.5. The molecule has 2 unspecified atom stereocenters. The number of rotatable bonds is 7. The number of alkyl carbamates (subject to hydrolysis) is 1. The number of nitrogens with one attached hydrogen (secondary N) is 2. The first-order chi connectivity index (χ1) is 14.8. The summed E-state index contributed by atoms with van der Waals surface area (Å²) < 4.78 is 5.32. The second kappa shape index (κ2) is 10.4. The zero-order chi connectivity index (χ0) is 24.2. The van der Waals surface area contributed by atoms with E-state index in [-0.39, 0.29) is 23.9 Å². The molecule has 0 aromatic heterocycles. The molecule has 0 heterocycles. The minimum atomic E-state index is -0.830. The van der Waals surface area contributed by atoms with Crippen molar-refractivity contribution in [1.29, 1.82) is 0 Å². The Bertz CT molecular complexity index is 820. The Labute approximate surface area is 192 Å². The third-order valence-electron chi connectivity index (χ3n) is 5.60. The number of ether oxygens (including phenoxy) is 1. The number of carbonyl (C=O) groups is 3. The van der Waals surface area contributed by atoms with Gasteiger partial charge in [0.05, 0.1) is 0 Å². The van der Waals surface area contributed by atoms with E-state index >= 15 is 0 Å². The van der Waals surface area contributed by atoms with Gasteiger partial charge in [-0.2, -0.15) is 0 Å². The molecular formula is C25H39N3O4. The summed E-state index contributed by atoms with van der Waals surface area (Å²) in [6, 6.07) is 4.17. The van der Waals surface area contributed by atoms with Crippen LogP contribution in [0.2, 0.25) is 0 Å². The van der Waals surface area contributed by atoms with Gasteiger partial charge < -0.3 is 20.3 Å². The van der Waals surface area contributed by atoms with Crippen LogP contribution in [-0.2, 0) is 14.3 Å². The molecule has 7 heteroatoms. The van der Waals surface area contributed by atoms with Gasteiger partial charge in [-0.05, 0) is 91.3 Å². The van der Waals surface area contributed by atoms with Crippen molar-refractivity contribution in [2.75, 3.05) is 0 Å². The minimum Gasteiger partial charge on any atom is -0.444 e. The number of hydrogen-bond donors (Lipinski definition) is 2. The van der Waals surface area contributed by atoms with Crippen LogP contribution in [-0.4, -0.2) is 46.5 Å². The van der Waals surface area contributed by atoms with Crippen LogP contribution >= 0.6 is 0 Å². The van der Waals surface area contributed by atoms with Crippen LogP contribution in [0.15, 0.2) is 18.2 Å². The standard InChI is InChI=1S/C25H39N3O4/c1-15(2)26-22(29)21(20-16(3)11-9-12-17(20)4)28(19-13-10-14-19)23(30)18(5)27-24(31)32-25(6,7)8/h9,11-12,15,18-19,21H,10,13-14H2,1-8H3,(H,26,29)(H,27,31). The monoisotopic (exact) mass is 445 g/mol. The number of hydrogen-bond acceptors (Lipinski definition) is 4. The molecule has 7 nitrogen and oxygen atoms in total. The summed E-state index contributed by atoms with van der Waals surface area (Å²) in [5.41, 5.74) is 2.09. The molecular weight excluding hydrogens is 406 g/mol. The number of aryl methyl sites for hydroxylation is 2. The fourth-order valence-corrected chi connectivity index (χ4v) is 3.97. The van der Waals surface area contributed by atoms with Gasteiger partial charge in [-0.25, -0.2) is 4.79 Å². The summed E-state index contributed by atoms with van der Waals surface area (Å²) >= 11 is 0. The zero-order valence-electron chi connectivity index (χ0n) is 20.7. The largest absolute Gasteiger partial charge is 0.444 e. The average molecular weight is 446 g/mol. The highest BCUT2D eigenvalue weighted by Gasteiger charge is 2.42. The molecule has 1 fully saturated rings. The highest BCUT2D eigenvalue weighted by molar-refractivity contribution is 5.92. The van der Waals surface area contributed by atoms with Gasteiger partial charge in [-0.3, -0.25) is 9.59 Å². The lowest BCUT2D eigenvalue weighted by Crippen LogP contribution is -2.57. The van der Waals surface area contributed by atoms with Gasteiger partial charge in [0.25, 0.3) is 0 Å². The van der Waals surface area contributed by atoms with E-state index in [4.69, 9.17) is 4.74 Å². The third-order valence-corrected chi connectivity index (χ3v) is 5.60. The Balaban J connectivity index is 2.44. The van der Waals surface area contributed by atoms with E-state index in [1.165, 1.54) is 0 Å². The molecule has 3 amide bonds. The Hall–Kier alpha value is -2.57. The van der Waals surface area contributed by atoms with Crippen molar-refractivity contribution in [3.05, 3.63) is 34.9 Å². The maximum absolute atomic E-state index is 13.7. The lowest BCUT2D eigenvalue weighted by atomic mass is 9.86. The summed E-state index contributed by atoms with van der Waals surface area (Å²) in [4.78, 5) is 41.1. The smallest absolute Gasteiger partial charge is 0.408 e. The molecule has 0 bridgehead atoms. The number of carbonyl (C=O) groups excluding carboxylic acids is 3. The number of amides is 3. The van der Waals surface area contributed by atoms with Crippen LogP contribution in [0.3, 0.4) is 0 Å². The average Bonchev–Trinajstić information content (AvgIpc) is 2.58. The Morgan fingerprint density at radius 3 is 2.03 bits per heavy atom. The second-order valence-electron chi connectivity index (χ2n) is 10.1. The van der Waals surface area contributed by atoms with Crippen LogP contribution in [0.5, 0.6) is 0 Å². The van der Waals surface area contributed by atoms with Crippen LogP contribution in [0.4, 0.5) is 4.79 Å². The fourth-order valence-electron chi connectivity index (χ4n) is 3.97. The molecule has 1 aliphatic rings. The van der Waals surface area contributed by atoms with Crippen molar-refractivity contribution >= 4 is 17.9 Å². The Kier molecular flexibility index (Phi) is 8.32. The van der Waals surface area contributed by atoms with Crippen molar-refractivity contribution < 1.29 is 19.1 Å². The lowest BCUT2D eigenvalue weighted by Gasteiger charge is -2.44. The second-order valence-corrected chi connectivity index (χ2v) is 10.1. The quantitative estimate of drug-likeness (QED) is 0.660. The zero-order valence-corrected chi connectivity index (χ0v) is 20.7. The third kappa shape index (κ3) is 6.47. The van der Waals surface area contributed by atoms with E-state index in [9.17, 15) is 14.4 Å². The van der Waals surface area contributed by atoms with Crippen molar-refractivity contribution in [2.45, 2.75) is 104 Å². The van der Waals surface area contributed by atoms with Crippen molar-refractivity contribution in [2.24, 2.45) is 0 Å². The van der Waals surface area contributed by atoms with Crippen LogP contribution in [0.25, 0.3) is 0 Å². The molecule has 1 aliphatic carbocycles. The first-order valence-corrected chi connectivity index (χ1v) is 11.5. The normalized spacial score (nSPS) is 16.0. The molecule has 2 N–H and O–H groups in total. The summed E-state index contributed by atoms with van der Waals surface area (Å²) in [6.07, 6.45) is 2.03. The number of nitrogens with zero attached hydrogens (tertiary/aromatic N) is 1. The fraction of sp³-hybridized carbons (Fsp3) is 0.640. The summed E-state index contributed by atoms with van der Waals surface area (Å²) in [5.74, 6) is -0.491. The van der Waals surface area contributed by atoms with Gasteiger partial charge in [-0.1, -0.05) is 18.2 Å². The van der Waals surface area contributed by atoms with E-state index in [2.05, 4.69) is 10.6 Å². The Morgan fingerprint density at radius 2 is 1.59 bits per heavy atom. The molecule has 0 spiro atoms. The summed E-state index contributed by atoms with van der Waals surface area (Å²) in [7, 11) is 0. The van der Waals surface area contributed by atoms with E-state index in [1.807, 2.05) is 45.9 Å². The first kappa shape index (κ1) is 25.7. The highest BCUT2D eigenvalue weighted by Crippen LogP contribution is 2.36. The molecule has 1 aromatic rings. The number of benzene rings is 1. The van der Waals surface area contributed by atoms with Gasteiger partial charge in [0.1, 0.15) is 17.7 Å². The predicted octanol–water partition coefficient (Wildman–Crippen LogP) is 4.16. The maximum atomic E-state index is 13.7. The van der Waals surface area contributed by atoms with Gasteiger partial charge >= 0.3 is 6.09 Å². The molecule has 0 radical (unpaired) electrons. The topological polar surface area (TPSA) is 87.7 Å². The van der Waals surface area contributed by atoms with Crippen LogP contribution < -0.4 is 10.6 Å². The van der Waals surface area contributed by atoms with Crippen molar-refractivity contribution in [3.8, 4) is 0 Å². The minimum absolute atomic E-state index is 0.0488. The molecule has 0 aliphatic heterocycles. The van der Waals surface area contributed by atoms with Gasteiger partial charge in [-0.15, -0.1) is 0 Å². The van der Waals surface area contributed by atoms with E-state index in [0.717, 1.165) is 36.0 Å². The summed E-state index contributed by atoms with van der Waals surface area (Å²) in [6.45, 7) is 14.7. The molecule has 178 valence electrons. The molecule has 2 rings (SSSR count). The van der Waals surface area contributed by atoms with Crippen LogP contribution in [0, 0.1) is 13.8 Å². The van der Waals surface area contributed by atoms with E-state index in [0.29, 0.717) is 0 Å². The highest BCUT2D eigenvalue weighted by atomic mass is 16.6. The Morgan fingerprint density at radius 1 is 1.03 bits per heavy atom. The molecule has 0 saturated heterocycles. The van der Waals surface area contributed by atoms with E-state index < -0.39 is 23.8 Å². The van der Waals surface area contributed by atoms with Gasteiger partial charge in [0.2, 0.25) is 11.8 Å². The molecule has 32 heavy (non-hydrogen) atoms. The molecule has 2 atom stereocenters. The van der Waals surface area contributed by atoms with Crippen molar-refractivity contribution in [3.63, 3.8) is 0 Å². The molecule has 1 aromatic carbocycles. The predicted molar refractivity (Wildman–Crippen MR) is 125 cm³/mol. The SMILES string of the molecule is Cc1cccc(C)c1C(C(=O)NC(C)C)N(C(=O)C(C)NC(=O)OC(C)(C)C)C1CCC1. The van der Waals surface area contributed by atoms with Crippen LogP contribution in [0.1, 0.15) is 83.5 Å². The molecule has 1 saturated carbocycles. The lowest BCUT2D eigenvalue weighted by molar-refractivity contribution is -0.147.